The molecule has 1 aliphatic heterocycles. The Morgan fingerprint density at radius 1 is 1.03 bits per heavy atom. The van der Waals surface area contributed by atoms with Crippen molar-refractivity contribution in [2.45, 2.75) is 39.7 Å². The van der Waals surface area contributed by atoms with E-state index in [-0.39, 0.29) is 11.5 Å². The molecule has 4 rings (SSSR count). The summed E-state index contributed by atoms with van der Waals surface area (Å²) >= 11 is 12.6. The number of rotatable bonds is 11. The van der Waals surface area contributed by atoms with Crippen molar-refractivity contribution < 1.29 is 14.3 Å². The zero-order valence-corrected chi connectivity index (χ0v) is 24.3. The molecule has 0 saturated carbocycles. The number of fused-ring (bicyclic) bond motifs is 1. The number of benzene rings is 2. The summed E-state index contributed by atoms with van der Waals surface area (Å²) in [5, 5.41) is 2.09. The number of carbonyl (C=O) groups is 1. The molecular formula is C29H35BCl2N3O4. The minimum absolute atomic E-state index is 0.0916. The molecule has 1 fully saturated rings. The fraction of sp³-hybridized carbons (Fsp3) is 0.448. The van der Waals surface area contributed by atoms with Crippen LogP contribution in [0, 0.1) is 5.92 Å². The van der Waals surface area contributed by atoms with E-state index in [0.29, 0.717) is 27.9 Å². The van der Waals surface area contributed by atoms with Crippen molar-refractivity contribution in [1.29, 1.82) is 0 Å². The molecule has 1 radical (unpaired) electrons. The van der Waals surface area contributed by atoms with Gasteiger partial charge < -0.3 is 14.4 Å². The van der Waals surface area contributed by atoms with Gasteiger partial charge in [0.25, 0.3) is 12.8 Å². The zero-order chi connectivity index (χ0) is 27.9. The summed E-state index contributed by atoms with van der Waals surface area (Å²) in [7, 11) is 1.36. The molecule has 207 valence electrons. The van der Waals surface area contributed by atoms with Gasteiger partial charge >= 0.3 is 0 Å². The highest BCUT2D eigenvalue weighted by Crippen LogP contribution is 2.33. The highest BCUT2D eigenvalue weighted by molar-refractivity contribution is 6.70. The third-order valence-electron chi connectivity index (χ3n) is 6.98. The second kappa shape index (κ2) is 13.6. The third-order valence-corrected chi connectivity index (χ3v) is 7.79. The van der Waals surface area contributed by atoms with E-state index in [1.54, 1.807) is 17.5 Å². The van der Waals surface area contributed by atoms with Gasteiger partial charge in [-0.1, -0.05) is 49.9 Å². The molecular weight excluding hydrogens is 536 g/mol. The van der Waals surface area contributed by atoms with Crippen molar-refractivity contribution >= 4 is 52.9 Å². The fourth-order valence-corrected chi connectivity index (χ4v) is 5.25. The molecule has 2 aromatic carbocycles. The Kier molecular flexibility index (Phi) is 10.2. The maximum Gasteiger partial charge on any atom is 0.257 e. The van der Waals surface area contributed by atoms with Crippen LogP contribution < -0.4 is 15.2 Å². The predicted octanol–water partition coefficient (Wildman–Crippen LogP) is 6.33. The summed E-state index contributed by atoms with van der Waals surface area (Å²) in [5.41, 5.74) is 1.46. The molecule has 0 amide bonds. The van der Waals surface area contributed by atoms with Gasteiger partial charge in [-0.3, -0.25) is 19.1 Å². The molecule has 1 saturated heterocycles. The van der Waals surface area contributed by atoms with Gasteiger partial charge in [0, 0.05) is 44.2 Å². The minimum atomic E-state index is -0.712. The van der Waals surface area contributed by atoms with Crippen molar-refractivity contribution in [2.75, 3.05) is 44.2 Å². The van der Waals surface area contributed by atoms with E-state index in [1.807, 2.05) is 50.2 Å². The monoisotopic (exact) mass is 570 g/mol. The Morgan fingerprint density at radius 2 is 1.77 bits per heavy atom. The van der Waals surface area contributed by atoms with Crippen LogP contribution in [0.4, 0.5) is 10.5 Å². The zero-order valence-electron chi connectivity index (χ0n) is 22.7. The van der Waals surface area contributed by atoms with Crippen LogP contribution in [-0.4, -0.2) is 61.9 Å². The molecule has 1 aromatic heterocycles. The summed E-state index contributed by atoms with van der Waals surface area (Å²) < 4.78 is 13.2. The Balaban J connectivity index is 1.30. The van der Waals surface area contributed by atoms with E-state index in [9.17, 15) is 9.59 Å². The quantitative estimate of drug-likeness (QED) is 0.198. The van der Waals surface area contributed by atoms with Gasteiger partial charge in [-0.2, -0.15) is 0 Å². The average molecular weight is 571 g/mol. The largest absolute Gasteiger partial charge is 0.494 e. The number of piperazine rings is 1. The van der Waals surface area contributed by atoms with Crippen LogP contribution in [0.2, 0.25) is 16.9 Å². The third kappa shape index (κ3) is 7.30. The van der Waals surface area contributed by atoms with Gasteiger partial charge in [0.05, 0.1) is 27.9 Å². The number of carbonyl (C=O) groups excluding carboxylic acids is 1. The number of anilines is 1. The first-order valence-electron chi connectivity index (χ1n) is 13.5. The van der Waals surface area contributed by atoms with Crippen LogP contribution in [0.5, 0.6) is 5.75 Å². The van der Waals surface area contributed by atoms with Crippen molar-refractivity contribution in [3.05, 3.63) is 68.9 Å². The summed E-state index contributed by atoms with van der Waals surface area (Å²) in [4.78, 5) is 29.6. The number of ether oxygens (including phenoxy) is 2. The second-order valence-electron chi connectivity index (χ2n) is 10.1. The second-order valence-corrected chi connectivity index (χ2v) is 10.9. The molecule has 0 spiro atoms. The Morgan fingerprint density at radius 3 is 2.49 bits per heavy atom. The standard InChI is InChI=1S/C29H35BCl2N3O4/c1-20(2)28(39-29(37)30-3)35-25-19-22(11-9-21(25)10-12-26(35)36)38-18-5-4-13-33-14-16-34(17-15-33)24-8-6-7-23(31)27(24)32/h6-12,19-20,28H,4-5,13-18H2,1-3H3. The van der Waals surface area contributed by atoms with Crippen molar-refractivity contribution in [3.63, 3.8) is 0 Å². The van der Waals surface area contributed by atoms with Crippen molar-refractivity contribution in [3.8, 4) is 5.75 Å². The van der Waals surface area contributed by atoms with Crippen molar-refractivity contribution in [2.24, 2.45) is 5.92 Å². The highest BCUT2D eigenvalue weighted by Gasteiger charge is 2.23. The molecule has 7 nitrogen and oxygen atoms in total. The summed E-state index contributed by atoms with van der Waals surface area (Å²) in [6, 6.07) is 14.8. The molecule has 0 aliphatic carbocycles. The van der Waals surface area contributed by atoms with Crippen LogP contribution in [0.1, 0.15) is 32.9 Å². The predicted molar refractivity (Wildman–Crippen MR) is 160 cm³/mol. The van der Waals surface area contributed by atoms with Crippen LogP contribution in [0.3, 0.4) is 0 Å². The summed E-state index contributed by atoms with van der Waals surface area (Å²) in [5.74, 6) is 0.135. The number of unbranched alkanes of at least 4 members (excludes halogenated alkanes) is 1. The molecule has 3 aromatic rings. The summed E-state index contributed by atoms with van der Waals surface area (Å²) in [6.07, 6.45) is 1.23. The van der Waals surface area contributed by atoms with Gasteiger partial charge in [-0.15, -0.1) is 0 Å². The Hall–Kier alpha value is -2.68. The maximum absolute atomic E-state index is 12.8. The first-order valence-corrected chi connectivity index (χ1v) is 14.2. The first kappa shape index (κ1) is 29.3. The van der Waals surface area contributed by atoms with Crippen LogP contribution in [0.25, 0.3) is 10.9 Å². The number of aromatic nitrogens is 1. The number of hydrogen-bond acceptors (Lipinski definition) is 6. The van der Waals surface area contributed by atoms with Gasteiger partial charge in [-0.25, -0.2) is 0 Å². The molecule has 1 aliphatic rings. The topological polar surface area (TPSA) is 64.0 Å². The van der Waals surface area contributed by atoms with E-state index < -0.39 is 12.1 Å². The molecule has 0 N–H and O–H groups in total. The SMILES string of the molecule is C[B]C(=O)OC(C(C)C)n1c(=O)ccc2ccc(OCCCCN3CCN(c4cccc(Cl)c4Cl)CC3)cc21. The fourth-order valence-electron chi connectivity index (χ4n) is 4.84. The smallest absolute Gasteiger partial charge is 0.257 e. The lowest BCUT2D eigenvalue weighted by atomic mass is 9.83. The van der Waals surface area contributed by atoms with Gasteiger partial charge in [0.1, 0.15) is 5.75 Å². The normalized spacial score (nSPS) is 15.0. The van der Waals surface area contributed by atoms with E-state index in [4.69, 9.17) is 32.7 Å². The molecule has 2 heterocycles. The van der Waals surface area contributed by atoms with Crippen molar-refractivity contribution in [1.82, 2.24) is 9.47 Å². The average Bonchev–Trinajstić information content (AvgIpc) is 2.93. The molecule has 1 unspecified atom stereocenters. The maximum atomic E-state index is 12.8. The van der Waals surface area contributed by atoms with Crippen LogP contribution in [0.15, 0.2) is 53.3 Å². The van der Waals surface area contributed by atoms with Gasteiger partial charge in [0.15, 0.2) is 6.23 Å². The molecule has 0 bridgehead atoms. The molecule has 10 heteroatoms. The van der Waals surface area contributed by atoms with Crippen LogP contribution >= 0.6 is 23.2 Å². The Bertz CT molecular complexity index is 1340. The highest BCUT2D eigenvalue weighted by atomic mass is 35.5. The lowest BCUT2D eigenvalue weighted by molar-refractivity contribution is 0.0403. The van der Waals surface area contributed by atoms with E-state index in [1.165, 1.54) is 13.3 Å². The first-order chi connectivity index (χ1) is 18.8. The lowest BCUT2D eigenvalue weighted by Gasteiger charge is -2.36. The minimum Gasteiger partial charge on any atom is -0.494 e. The van der Waals surface area contributed by atoms with E-state index in [0.717, 1.165) is 56.6 Å². The summed E-state index contributed by atoms with van der Waals surface area (Å²) in [6.45, 7) is 10.8. The number of halogens is 2. The number of hydrogen-bond donors (Lipinski definition) is 0. The van der Waals surface area contributed by atoms with Gasteiger partial charge in [-0.05, 0) is 55.1 Å². The van der Waals surface area contributed by atoms with E-state index >= 15 is 0 Å². The number of nitrogens with zero attached hydrogens (tertiary/aromatic N) is 3. The molecule has 39 heavy (non-hydrogen) atoms. The van der Waals surface area contributed by atoms with Gasteiger partial charge in [0.2, 0.25) is 5.87 Å². The lowest BCUT2D eigenvalue weighted by Crippen LogP contribution is -2.46. The Labute approximate surface area is 240 Å². The van der Waals surface area contributed by atoms with Crippen LogP contribution in [-0.2, 0) is 4.74 Å². The van der Waals surface area contributed by atoms with E-state index in [2.05, 4.69) is 9.80 Å². The molecule has 1 atom stereocenters. The number of pyridine rings is 1.